The van der Waals surface area contributed by atoms with Gasteiger partial charge in [-0.25, -0.2) is 9.78 Å². The molecule has 2 aromatic rings. The number of thiazole rings is 1. The molecule has 0 atom stereocenters. The second kappa shape index (κ2) is 6.29. The third-order valence-corrected chi connectivity index (χ3v) is 3.65. The van der Waals surface area contributed by atoms with Crippen LogP contribution in [-0.2, 0) is 11.2 Å². The van der Waals surface area contributed by atoms with Crippen molar-refractivity contribution in [2.75, 3.05) is 25.6 Å². The van der Waals surface area contributed by atoms with Gasteiger partial charge in [0, 0.05) is 31.4 Å². The Morgan fingerprint density at radius 2 is 2.16 bits per heavy atom. The molecule has 0 fully saturated rings. The van der Waals surface area contributed by atoms with Gasteiger partial charge in [-0.05, 0) is 24.1 Å². The topological polar surface area (TPSA) is 55.3 Å². The highest BCUT2D eigenvalue weighted by atomic mass is 32.1. The van der Waals surface area contributed by atoms with Gasteiger partial charge in [0.05, 0.1) is 7.11 Å². The van der Waals surface area contributed by atoms with E-state index in [0.29, 0.717) is 5.69 Å². The fourth-order valence-electron chi connectivity index (χ4n) is 1.58. The van der Waals surface area contributed by atoms with E-state index in [1.807, 2.05) is 24.1 Å². The Labute approximate surface area is 115 Å². The summed E-state index contributed by atoms with van der Waals surface area (Å²) in [7, 11) is 3.32. The van der Waals surface area contributed by atoms with Crippen molar-refractivity contribution >= 4 is 22.4 Å². The fraction of sp³-hybridized carbons (Fsp3) is 0.308. The number of aromatic nitrogens is 2. The minimum atomic E-state index is -0.398. The number of carbonyl (C=O) groups is 1. The monoisotopic (exact) mass is 277 g/mol. The summed E-state index contributed by atoms with van der Waals surface area (Å²) in [4.78, 5) is 21.6. The molecule has 0 bridgehead atoms. The van der Waals surface area contributed by atoms with Gasteiger partial charge in [0.25, 0.3) is 0 Å². The Balaban J connectivity index is 1.94. The van der Waals surface area contributed by atoms with Crippen LogP contribution in [0.5, 0.6) is 0 Å². The zero-order valence-electron chi connectivity index (χ0n) is 10.9. The number of pyridine rings is 1. The first-order chi connectivity index (χ1) is 9.20. The molecule has 19 heavy (non-hydrogen) atoms. The Bertz CT molecular complexity index is 542. The lowest BCUT2D eigenvalue weighted by Gasteiger charge is -2.15. The maximum atomic E-state index is 11.3. The second-order valence-electron chi connectivity index (χ2n) is 4.03. The molecule has 0 saturated carbocycles. The van der Waals surface area contributed by atoms with Crippen molar-refractivity contribution in [3.63, 3.8) is 0 Å². The summed E-state index contributed by atoms with van der Waals surface area (Å²) in [5, 5.41) is 2.53. The quantitative estimate of drug-likeness (QED) is 0.782. The maximum Gasteiger partial charge on any atom is 0.357 e. The lowest BCUT2D eigenvalue weighted by atomic mass is 10.2. The Morgan fingerprint density at radius 3 is 2.84 bits per heavy atom. The SMILES string of the molecule is COC(=O)c1csc(N(C)CCc2ccncc2)n1. The average Bonchev–Trinajstić information content (AvgIpc) is 2.95. The highest BCUT2D eigenvalue weighted by Crippen LogP contribution is 2.20. The summed E-state index contributed by atoms with van der Waals surface area (Å²) >= 11 is 1.44. The van der Waals surface area contributed by atoms with Crippen LogP contribution in [0, 0.1) is 0 Å². The van der Waals surface area contributed by atoms with Crippen molar-refractivity contribution in [3.8, 4) is 0 Å². The molecule has 0 aliphatic rings. The van der Waals surface area contributed by atoms with Crippen LogP contribution in [-0.4, -0.2) is 36.6 Å². The zero-order chi connectivity index (χ0) is 13.7. The minimum absolute atomic E-state index is 0.360. The fourth-order valence-corrected chi connectivity index (χ4v) is 2.37. The second-order valence-corrected chi connectivity index (χ2v) is 4.87. The minimum Gasteiger partial charge on any atom is -0.464 e. The number of ether oxygens (including phenoxy) is 1. The summed E-state index contributed by atoms with van der Waals surface area (Å²) in [6, 6.07) is 3.99. The molecule has 0 aliphatic heterocycles. The molecule has 2 aromatic heterocycles. The first-order valence-corrected chi connectivity index (χ1v) is 6.72. The predicted molar refractivity (Wildman–Crippen MR) is 74.7 cm³/mol. The molecule has 0 aliphatic carbocycles. The molecule has 0 saturated heterocycles. The number of hydrogen-bond donors (Lipinski definition) is 0. The normalized spacial score (nSPS) is 10.2. The molecular formula is C13H15N3O2S. The van der Waals surface area contributed by atoms with E-state index in [-0.39, 0.29) is 0 Å². The lowest BCUT2D eigenvalue weighted by molar-refractivity contribution is 0.0595. The molecule has 0 radical (unpaired) electrons. The van der Waals surface area contributed by atoms with Gasteiger partial charge in [-0.3, -0.25) is 4.98 Å². The van der Waals surface area contributed by atoms with Gasteiger partial charge >= 0.3 is 5.97 Å². The van der Waals surface area contributed by atoms with Gasteiger partial charge in [0.15, 0.2) is 10.8 Å². The molecule has 0 N–H and O–H groups in total. The zero-order valence-corrected chi connectivity index (χ0v) is 11.7. The van der Waals surface area contributed by atoms with Crippen LogP contribution in [0.3, 0.4) is 0 Å². The number of carbonyl (C=O) groups excluding carboxylic acids is 1. The van der Waals surface area contributed by atoms with Crippen molar-refractivity contribution in [3.05, 3.63) is 41.2 Å². The van der Waals surface area contributed by atoms with Gasteiger partial charge in [-0.2, -0.15) is 0 Å². The van der Waals surface area contributed by atoms with Crippen LogP contribution >= 0.6 is 11.3 Å². The number of rotatable bonds is 5. The molecular weight excluding hydrogens is 262 g/mol. The van der Waals surface area contributed by atoms with E-state index in [4.69, 9.17) is 0 Å². The summed E-state index contributed by atoms with van der Waals surface area (Å²) in [6.07, 6.45) is 4.48. The molecule has 6 heteroatoms. The van der Waals surface area contributed by atoms with Gasteiger partial charge < -0.3 is 9.64 Å². The molecule has 100 valence electrons. The number of hydrogen-bond acceptors (Lipinski definition) is 6. The molecule has 0 aromatic carbocycles. The van der Waals surface area contributed by atoms with Gasteiger partial charge in [-0.1, -0.05) is 0 Å². The standard InChI is InChI=1S/C13H15N3O2S/c1-16(8-5-10-3-6-14-7-4-10)13-15-11(9-19-13)12(17)18-2/h3-4,6-7,9H,5,8H2,1-2H3. The van der Waals surface area contributed by atoms with E-state index in [1.165, 1.54) is 24.0 Å². The predicted octanol–water partition coefficient (Wildman–Crippen LogP) is 2.00. The number of likely N-dealkylation sites (N-methyl/N-ethyl adjacent to an activating group) is 1. The van der Waals surface area contributed by atoms with Crippen LogP contribution in [0.2, 0.25) is 0 Å². The van der Waals surface area contributed by atoms with E-state index in [1.54, 1.807) is 17.8 Å². The molecule has 0 amide bonds. The van der Waals surface area contributed by atoms with Crippen LogP contribution < -0.4 is 4.90 Å². The number of anilines is 1. The van der Waals surface area contributed by atoms with E-state index in [0.717, 1.165) is 18.1 Å². The Kier molecular flexibility index (Phi) is 4.46. The third-order valence-electron chi connectivity index (χ3n) is 2.70. The van der Waals surface area contributed by atoms with Crippen LogP contribution in [0.15, 0.2) is 29.9 Å². The van der Waals surface area contributed by atoms with Crippen molar-refractivity contribution in [2.45, 2.75) is 6.42 Å². The Morgan fingerprint density at radius 1 is 1.42 bits per heavy atom. The maximum absolute atomic E-state index is 11.3. The van der Waals surface area contributed by atoms with Gasteiger partial charge in [0.1, 0.15) is 0 Å². The molecule has 0 unspecified atom stereocenters. The molecule has 5 nitrogen and oxygen atoms in total. The van der Waals surface area contributed by atoms with Crippen molar-refractivity contribution < 1.29 is 9.53 Å². The van der Waals surface area contributed by atoms with Crippen molar-refractivity contribution in [1.82, 2.24) is 9.97 Å². The summed E-state index contributed by atoms with van der Waals surface area (Å²) in [5.41, 5.74) is 1.59. The average molecular weight is 277 g/mol. The van der Waals surface area contributed by atoms with Crippen LogP contribution in [0.25, 0.3) is 0 Å². The number of methoxy groups -OCH3 is 1. The highest BCUT2D eigenvalue weighted by Gasteiger charge is 2.12. The molecule has 2 heterocycles. The van der Waals surface area contributed by atoms with Gasteiger partial charge in [0.2, 0.25) is 0 Å². The van der Waals surface area contributed by atoms with E-state index in [2.05, 4.69) is 14.7 Å². The lowest BCUT2D eigenvalue weighted by Crippen LogP contribution is -2.20. The van der Waals surface area contributed by atoms with Crippen molar-refractivity contribution in [1.29, 1.82) is 0 Å². The molecule has 0 spiro atoms. The van der Waals surface area contributed by atoms with Crippen molar-refractivity contribution in [2.24, 2.45) is 0 Å². The largest absolute Gasteiger partial charge is 0.464 e. The summed E-state index contributed by atoms with van der Waals surface area (Å²) < 4.78 is 4.64. The summed E-state index contributed by atoms with van der Waals surface area (Å²) in [6.45, 7) is 0.831. The van der Waals surface area contributed by atoms with Crippen LogP contribution in [0.1, 0.15) is 16.1 Å². The Hall–Kier alpha value is -1.95. The van der Waals surface area contributed by atoms with E-state index < -0.39 is 5.97 Å². The smallest absolute Gasteiger partial charge is 0.357 e. The first-order valence-electron chi connectivity index (χ1n) is 5.84. The van der Waals surface area contributed by atoms with E-state index in [9.17, 15) is 4.79 Å². The molecule has 2 rings (SSSR count). The third kappa shape index (κ3) is 3.51. The highest BCUT2D eigenvalue weighted by molar-refractivity contribution is 7.13. The number of nitrogens with zero attached hydrogens (tertiary/aromatic N) is 3. The van der Waals surface area contributed by atoms with Gasteiger partial charge in [-0.15, -0.1) is 11.3 Å². The number of esters is 1. The first kappa shape index (κ1) is 13.5. The van der Waals surface area contributed by atoms with Crippen LogP contribution in [0.4, 0.5) is 5.13 Å². The van der Waals surface area contributed by atoms with E-state index >= 15 is 0 Å². The summed E-state index contributed by atoms with van der Waals surface area (Å²) in [5.74, 6) is -0.398.